The third-order valence-corrected chi connectivity index (χ3v) is 3.46. The van der Waals surface area contributed by atoms with Crippen LogP contribution in [0.3, 0.4) is 0 Å². The monoisotopic (exact) mass is 220 g/mol. The lowest BCUT2D eigenvalue weighted by Gasteiger charge is -2.31. The quantitative estimate of drug-likeness (QED) is 0.832. The van der Waals surface area contributed by atoms with Gasteiger partial charge in [0.2, 0.25) is 0 Å². The number of rotatable bonds is 4. The Morgan fingerprint density at radius 1 is 1.62 bits per heavy atom. The maximum absolute atomic E-state index is 5.90. The zero-order valence-corrected chi connectivity index (χ0v) is 9.84. The summed E-state index contributed by atoms with van der Waals surface area (Å²) < 4.78 is 0. The predicted molar refractivity (Wildman–Crippen MR) is 63.8 cm³/mol. The average Bonchev–Trinajstić information content (AvgIpc) is 2.80. The molecule has 2 N–H and O–H groups in total. The molecule has 1 aliphatic rings. The number of hydrogen-bond donors (Lipinski definition) is 1. The van der Waals surface area contributed by atoms with E-state index in [4.69, 9.17) is 5.73 Å². The molecule has 88 valence electrons. The van der Waals surface area contributed by atoms with Crippen molar-refractivity contribution in [2.45, 2.75) is 38.3 Å². The molecule has 0 saturated carbocycles. The summed E-state index contributed by atoms with van der Waals surface area (Å²) in [7, 11) is 0. The van der Waals surface area contributed by atoms with Gasteiger partial charge in [-0.1, -0.05) is 6.92 Å². The van der Waals surface area contributed by atoms with Gasteiger partial charge in [-0.05, 0) is 31.9 Å². The van der Waals surface area contributed by atoms with Crippen molar-refractivity contribution in [2.75, 3.05) is 13.1 Å². The normalized spacial score (nSPS) is 23.5. The van der Waals surface area contributed by atoms with E-state index >= 15 is 0 Å². The molecular weight excluding hydrogens is 200 g/mol. The molecule has 16 heavy (non-hydrogen) atoms. The molecule has 1 aromatic heterocycles. The topological polar surface area (TPSA) is 55.0 Å². The number of aromatic nitrogens is 2. The van der Waals surface area contributed by atoms with Crippen LogP contribution in [0.15, 0.2) is 18.6 Å². The van der Waals surface area contributed by atoms with Gasteiger partial charge in [-0.3, -0.25) is 4.90 Å². The predicted octanol–water partition coefficient (Wildman–Crippen LogP) is 1.35. The molecule has 2 unspecified atom stereocenters. The van der Waals surface area contributed by atoms with Crippen molar-refractivity contribution in [3.05, 3.63) is 24.3 Å². The minimum atomic E-state index is 0.260. The highest BCUT2D eigenvalue weighted by Gasteiger charge is 2.30. The first-order valence-corrected chi connectivity index (χ1v) is 6.08. The fourth-order valence-corrected chi connectivity index (χ4v) is 2.63. The standard InChI is InChI=1S/C12H20N4/c1-2-10-4-3-7-16(10)12(8-13)11-5-6-14-9-15-11/h5-6,9-10,12H,2-4,7-8,13H2,1H3. The van der Waals surface area contributed by atoms with Crippen molar-refractivity contribution in [1.82, 2.24) is 14.9 Å². The van der Waals surface area contributed by atoms with Gasteiger partial charge in [-0.2, -0.15) is 0 Å². The zero-order valence-electron chi connectivity index (χ0n) is 9.84. The Hall–Kier alpha value is -1.00. The Kier molecular flexibility index (Phi) is 3.85. The van der Waals surface area contributed by atoms with Crippen molar-refractivity contribution in [1.29, 1.82) is 0 Å². The number of likely N-dealkylation sites (tertiary alicyclic amines) is 1. The van der Waals surface area contributed by atoms with Gasteiger partial charge in [0.1, 0.15) is 6.33 Å². The maximum atomic E-state index is 5.90. The number of hydrogen-bond acceptors (Lipinski definition) is 4. The summed E-state index contributed by atoms with van der Waals surface area (Å²) in [6.07, 6.45) is 7.16. The SMILES string of the molecule is CCC1CCCN1C(CN)c1ccncn1. The molecule has 1 fully saturated rings. The Labute approximate surface area is 96.9 Å². The van der Waals surface area contributed by atoms with E-state index < -0.39 is 0 Å². The van der Waals surface area contributed by atoms with Crippen molar-refractivity contribution in [2.24, 2.45) is 5.73 Å². The van der Waals surface area contributed by atoms with Crippen LogP contribution in [0.25, 0.3) is 0 Å². The van der Waals surface area contributed by atoms with Crippen molar-refractivity contribution in [3.8, 4) is 0 Å². The lowest BCUT2D eigenvalue weighted by Crippen LogP contribution is -2.37. The zero-order chi connectivity index (χ0) is 11.4. The highest BCUT2D eigenvalue weighted by atomic mass is 15.2. The molecule has 4 heteroatoms. The first kappa shape index (κ1) is 11.5. The molecule has 0 amide bonds. The molecule has 1 aromatic rings. The summed E-state index contributed by atoms with van der Waals surface area (Å²) in [4.78, 5) is 10.8. The van der Waals surface area contributed by atoms with E-state index in [2.05, 4.69) is 21.8 Å². The molecule has 4 nitrogen and oxygen atoms in total. The Morgan fingerprint density at radius 3 is 3.12 bits per heavy atom. The van der Waals surface area contributed by atoms with Crippen LogP contribution in [-0.4, -0.2) is 34.0 Å². The van der Waals surface area contributed by atoms with Crippen LogP contribution < -0.4 is 5.73 Å². The Bertz CT molecular complexity index is 314. The van der Waals surface area contributed by atoms with Crippen LogP contribution in [0.4, 0.5) is 0 Å². The minimum Gasteiger partial charge on any atom is -0.329 e. The first-order valence-electron chi connectivity index (χ1n) is 6.08. The van der Waals surface area contributed by atoms with Gasteiger partial charge in [0.05, 0.1) is 11.7 Å². The fourth-order valence-electron chi connectivity index (χ4n) is 2.63. The third kappa shape index (κ3) is 2.23. The minimum absolute atomic E-state index is 0.260. The summed E-state index contributed by atoms with van der Waals surface area (Å²) in [5.74, 6) is 0. The van der Waals surface area contributed by atoms with E-state index in [0.29, 0.717) is 12.6 Å². The van der Waals surface area contributed by atoms with Crippen molar-refractivity contribution < 1.29 is 0 Å². The van der Waals surface area contributed by atoms with Gasteiger partial charge in [-0.25, -0.2) is 9.97 Å². The van der Waals surface area contributed by atoms with E-state index in [0.717, 1.165) is 12.2 Å². The molecule has 0 bridgehead atoms. The molecule has 1 aliphatic heterocycles. The highest BCUT2D eigenvalue weighted by molar-refractivity contribution is 5.07. The van der Waals surface area contributed by atoms with Crippen molar-refractivity contribution >= 4 is 0 Å². The fraction of sp³-hybridized carbons (Fsp3) is 0.667. The van der Waals surface area contributed by atoms with Crippen molar-refractivity contribution in [3.63, 3.8) is 0 Å². The van der Waals surface area contributed by atoms with Gasteiger partial charge in [0.15, 0.2) is 0 Å². The second kappa shape index (κ2) is 5.37. The second-order valence-electron chi connectivity index (χ2n) is 4.33. The van der Waals surface area contributed by atoms with E-state index in [-0.39, 0.29) is 6.04 Å². The van der Waals surface area contributed by atoms with E-state index in [1.54, 1.807) is 12.5 Å². The van der Waals surface area contributed by atoms with Crippen LogP contribution in [0.2, 0.25) is 0 Å². The lowest BCUT2D eigenvalue weighted by molar-refractivity contribution is 0.177. The molecule has 2 atom stereocenters. The largest absolute Gasteiger partial charge is 0.329 e. The lowest BCUT2D eigenvalue weighted by atomic mass is 10.1. The summed E-state index contributed by atoms with van der Waals surface area (Å²) in [5, 5.41) is 0. The molecule has 0 aliphatic carbocycles. The Balaban J connectivity index is 2.16. The van der Waals surface area contributed by atoms with Gasteiger partial charge in [-0.15, -0.1) is 0 Å². The van der Waals surface area contributed by atoms with Gasteiger partial charge in [0, 0.05) is 18.8 Å². The number of nitrogens with zero attached hydrogens (tertiary/aromatic N) is 3. The molecule has 0 aromatic carbocycles. The van der Waals surface area contributed by atoms with Crippen LogP contribution in [0, 0.1) is 0 Å². The molecule has 0 spiro atoms. The smallest absolute Gasteiger partial charge is 0.115 e. The summed E-state index contributed by atoms with van der Waals surface area (Å²) in [5.41, 5.74) is 6.95. The van der Waals surface area contributed by atoms with Crippen LogP contribution in [0.5, 0.6) is 0 Å². The molecule has 1 saturated heterocycles. The molecule has 2 heterocycles. The van der Waals surface area contributed by atoms with Crippen LogP contribution >= 0.6 is 0 Å². The molecule has 2 rings (SSSR count). The van der Waals surface area contributed by atoms with Crippen LogP contribution in [-0.2, 0) is 0 Å². The van der Waals surface area contributed by atoms with E-state index in [1.165, 1.54) is 19.3 Å². The van der Waals surface area contributed by atoms with Gasteiger partial charge in [0.25, 0.3) is 0 Å². The second-order valence-corrected chi connectivity index (χ2v) is 4.33. The molecular formula is C12H20N4. The summed E-state index contributed by atoms with van der Waals surface area (Å²) >= 11 is 0. The summed E-state index contributed by atoms with van der Waals surface area (Å²) in [6, 6.07) is 2.90. The van der Waals surface area contributed by atoms with Gasteiger partial charge >= 0.3 is 0 Å². The number of nitrogens with two attached hydrogens (primary N) is 1. The van der Waals surface area contributed by atoms with E-state index in [1.807, 2.05) is 6.07 Å². The summed E-state index contributed by atoms with van der Waals surface area (Å²) in [6.45, 7) is 4.02. The third-order valence-electron chi connectivity index (χ3n) is 3.46. The van der Waals surface area contributed by atoms with E-state index in [9.17, 15) is 0 Å². The maximum Gasteiger partial charge on any atom is 0.115 e. The first-order chi connectivity index (χ1) is 7.86. The average molecular weight is 220 g/mol. The molecule has 0 radical (unpaired) electrons. The highest BCUT2D eigenvalue weighted by Crippen LogP contribution is 2.28. The van der Waals surface area contributed by atoms with Crippen LogP contribution in [0.1, 0.15) is 37.9 Å². The van der Waals surface area contributed by atoms with Gasteiger partial charge < -0.3 is 5.73 Å². The Morgan fingerprint density at radius 2 is 2.50 bits per heavy atom.